The van der Waals surface area contributed by atoms with Crippen molar-refractivity contribution in [3.8, 4) is 0 Å². The van der Waals surface area contributed by atoms with E-state index in [0.29, 0.717) is 5.69 Å². The van der Waals surface area contributed by atoms with Crippen LogP contribution in [0.2, 0.25) is 0 Å². The highest BCUT2D eigenvalue weighted by Crippen LogP contribution is 2.18. The van der Waals surface area contributed by atoms with Crippen molar-refractivity contribution in [2.24, 2.45) is 0 Å². The minimum absolute atomic E-state index is 0.0341. The van der Waals surface area contributed by atoms with E-state index in [4.69, 9.17) is 0 Å². The van der Waals surface area contributed by atoms with Crippen LogP contribution in [0.15, 0.2) is 60.7 Å². The summed E-state index contributed by atoms with van der Waals surface area (Å²) in [7, 11) is 0. The number of quaternary nitrogens is 1. The highest BCUT2D eigenvalue weighted by atomic mass is 19.1. The van der Waals surface area contributed by atoms with Gasteiger partial charge in [0.25, 0.3) is 5.91 Å². The molecule has 124 valence electrons. The number of carbonyl (C=O) groups excluding carboxylic acids is 1. The number of hydrogen-bond acceptors (Lipinski definition) is 1. The summed E-state index contributed by atoms with van der Waals surface area (Å²) < 4.78 is 12.9. The quantitative estimate of drug-likeness (QED) is 0.890. The van der Waals surface area contributed by atoms with E-state index >= 15 is 0 Å². The largest absolute Gasteiger partial charge is 0.321 e. The average molecular weight is 325 g/mol. The van der Waals surface area contributed by atoms with Crippen LogP contribution in [0.3, 0.4) is 0 Å². The van der Waals surface area contributed by atoms with Gasteiger partial charge in [0, 0.05) is 12.1 Å². The predicted octanol–water partition coefficient (Wildman–Crippen LogP) is 2.52. The standard InChI is InChI=1S/C20H21FN2O/c1-15(20(24)22-19-9-7-18(21)8-10-19)23-13-11-17(12-14-23)16-5-3-2-4-6-16/h2-11,15H,12-14H2,1H3,(H,22,24)/p+1/t15-/m0/s1. The first-order chi connectivity index (χ1) is 11.6. The van der Waals surface area contributed by atoms with Crippen LogP contribution >= 0.6 is 0 Å². The van der Waals surface area contributed by atoms with Crippen molar-refractivity contribution >= 4 is 17.2 Å². The third kappa shape index (κ3) is 3.89. The van der Waals surface area contributed by atoms with E-state index in [-0.39, 0.29) is 17.8 Å². The number of nitrogens with one attached hydrogen (secondary N) is 2. The number of amides is 1. The third-order valence-electron chi connectivity index (χ3n) is 4.59. The van der Waals surface area contributed by atoms with E-state index in [1.165, 1.54) is 28.2 Å². The monoisotopic (exact) mass is 325 g/mol. The maximum Gasteiger partial charge on any atom is 0.282 e. The zero-order valence-corrected chi connectivity index (χ0v) is 13.8. The number of benzene rings is 2. The Balaban J connectivity index is 1.60. The van der Waals surface area contributed by atoms with Gasteiger partial charge in [-0.1, -0.05) is 30.3 Å². The average Bonchev–Trinajstić information content (AvgIpc) is 2.64. The van der Waals surface area contributed by atoms with Crippen LogP contribution in [0.25, 0.3) is 5.57 Å². The second kappa shape index (κ2) is 7.41. The van der Waals surface area contributed by atoms with Gasteiger partial charge in [-0.3, -0.25) is 4.79 Å². The Morgan fingerprint density at radius 3 is 2.46 bits per heavy atom. The highest BCUT2D eigenvalue weighted by molar-refractivity contribution is 5.93. The van der Waals surface area contributed by atoms with Crippen LogP contribution < -0.4 is 10.2 Å². The Hall–Kier alpha value is -2.46. The number of anilines is 1. The molecule has 1 aliphatic rings. The van der Waals surface area contributed by atoms with Gasteiger partial charge in [-0.2, -0.15) is 0 Å². The number of carbonyl (C=O) groups is 1. The molecule has 3 rings (SSSR count). The first-order valence-electron chi connectivity index (χ1n) is 8.29. The fourth-order valence-corrected chi connectivity index (χ4v) is 3.03. The van der Waals surface area contributed by atoms with Crippen LogP contribution in [0.4, 0.5) is 10.1 Å². The summed E-state index contributed by atoms with van der Waals surface area (Å²) in [6, 6.07) is 16.1. The molecule has 0 saturated heterocycles. The molecule has 0 aliphatic carbocycles. The van der Waals surface area contributed by atoms with Gasteiger partial charge in [0.2, 0.25) is 0 Å². The molecule has 2 N–H and O–H groups in total. The first kappa shape index (κ1) is 16.4. The van der Waals surface area contributed by atoms with Crippen molar-refractivity contribution in [2.75, 3.05) is 18.4 Å². The molecule has 2 aromatic carbocycles. The van der Waals surface area contributed by atoms with Crippen molar-refractivity contribution in [1.29, 1.82) is 0 Å². The van der Waals surface area contributed by atoms with Crippen LogP contribution in [0.1, 0.15) is 18.9 Å². The van der Waals surface area contributed by atoms with E-state index < -0.39 is 0 Å². The summed E-state index contributed by atoms with van der Waals surface area (Å²) in [6.45, 7) is 3.70. The van der Waals surface area contributed by atoms with Gasteiger partial charge in [0.15, 0.2) is 6.04 Å². The third-order valence-corrected chi connectivity index (χ3v) is 4.59. The van der Waals surface area contributed by atoms with Gasteiger partial charge in [-0.25, -0.2) is 4.39 Å². The molecule has 1 amide bonds. The van der Waals surface area contributed by atoms with Gasteiger partial charge in [-0.15, -0.1) is 0 Å². The molecular formula is C20H22FN2O+. The number of halogens is 1. The number of rotatable bonds is 4. The molecule has 0 spiro atoms. The second-order valence-corrected chi connectivity index (χ2v) is 6.18. The summed E-state index contributed by atoms with van der Waals surface area (Å²) in [6.07, 6.45) is 3.20. The smallest absolute Gasteiger partial charge is 0.282 e. The Kier molecular flexibility index (Phi) is 5.06. The van der Waals surface area contributed by atoms with E-state index in [0.717, 1.165) is 19.5 Å². The van der Waals surface area contributed by atoms with Crippen LogP contribution in [0, 0.1) is 5.82 Å². The van der Waals surface area contributed by atoms with E-state index in [1.54, 1.807) is 12.1 Å². The molecule has 0 saturated carbocycles. The molecular weight excluding hydrogens is 303 g/mol. The zero-order valence-electron chi connectivity index (χ0n) is 13.8. The minimum atomic E-state index is -0.304. The number of hydrogen-bond donors (Lipinski definition) is 2. The van der Waals surface area contributed by atoms with Gasteiger partial charge in [-0.05, 0) is 48.4 Å². The van der Waals surface area contributed by atoms with Gasteiger partial charge in [0.05, 0.1) is 13.1 Å². The molecule has 4 heteroatoms. The summed E-state index contributed by atoms with van der Waals surface area (Å²) in [5.41, 5.74) is 3.25. The topological polar surface area (TPSA) is 33.5 Å². The van der Waals surface area contributed by atoms with Crippen LogP contribution in [-0.2, 0) is 4.79 Å². The molecule has 3 nitrogen and oxygen atoms in total. The lowest BCUT2D eigenvalue weighted by Crippen LogP contribution is -3.17. The lowest BCUT2D eigenvalue weighted by molar-refractivity contribution is -0.909. The van der Waals surface area contributed by atoms with E-state index in [1.807, 2.05) is 25.1 Å². The normalized spacial score (nSPS) is 18.6. The summed E-state index contributed by atoms with van der Waals surface area (Å²) in [5, 5.41) is 2.86. The lowest BCUT2D eigenvalue weighted by atomic mass is 9.99. The van der Waals surface area contributed by atoms with Crippen LogP contribution in [0.5, 0.6) is 0 Å². The molecule has 1 aliphatic heterocycles. The predicted molar refractivity (Wildman–Crippen MR) is 94.2 cm³/mol. The molecule has 24 heavy (non-hydrogen) atoms. The van der Waals surface area contributed by atoms with Crippen molar-refractivity contribution in [2.45, 2.75) is 19.4 Å². The summed E-state index contributed by atoms with van der Waals surface area (Å²) in [4.78, 5) is 13.6. The Morgan fingerprint density at radius 2 is 1.83 bits per heavy atom. The van der Waals surface area contributed by atoms with E-state index in [2.05, 4.69) is 23.5 Å². The fraction of sp³-hybridized carbons (Fsp3) is 0.250. The van der Waals surface area contributed by atoms with E-state index in [9.17, 15) is 9.18 Å². The molecule has 1 heterocycles. The Bertz CT molecular complexity index is 725. The summed E-state index contributed by atoms with van der Waals surface area (Å²) >= 11 is 0. The minimum Gasteiger partial charge on any atom is -0.321 e. The van der Waals surface area contributed by atoms with Gasteiger partial charge < -0.3 is 10.2 Å². The zero-order chi connectivity index (χ0) is 16.9. The molecule has 0 bridgehead atoms. The molecule has 0 fully saturated rings. The second-order valence-electron chi connectivity index (χ2n) is 6.18. The Labute approximate surface area is 141 Å². The van der Waals surface area contributed by atoms with Gasteiger partial charge >= 0.3 is 0 Å². The molecule has 2 aromatic rings. The van der Waals surface area contributed by atoms with Crippen LogP contribution in [-0.4, -0.2) is 25.0 Å². The van der Waals surface area contributed by atoms with Crippen molar-refractivity contribution in [3.63, 3.8) is 0 Å². The highest BCUT2D eigenvalue weighted by Gasteiger charge is 2.27. The Morgan fingerprint density at radius 1 is 1.12 bits per heavy atom. The molecule has 0 aromatic heterocycles. The molecule has 0 radical (unpaired) electrons. The fourth-order valence-electron chi connectivity index (χ4n) is 3.03. The molecule has 1 unspecified atom stereocenters. The van der Waals surface area contributed by atoms with Gasteiger partial charge in [0.1, 0.15) is 5.82 Å². The lowest BCUT2D eigenvalue weighted by Gasteiger charge is -2.28. The van der Waals surface area contributed by atoms with Crippen molar-refractivity contribution in [3.05, 3.63) is 72.1 Å². The van der Waals surface area contributed by atoms with Crippen molar-refractivity contribution < 1.29 is 14.1 Å². The maximum absolute atomic E-state index is 12.9. The SMILES string of the molecule is C[C@@H](C(=O)Nc1ccc(F)cc1)[NH+]1CC=C(c2ccccc2)CC1. The first-order valence-corrected chi connectivity index (χ1v) is 8.29. The van der Waals surface area contributed by atoms with Crippen molar-refractivity contribution in [1.82, 2.24) is 0 Å². The maximum atomic E-state index is 12.9. The molecule has 2 atom stereocenters. The summed E-state index contributed by atoms with van der Waals surface area (Å²) in [5.74, 6) is -0.338.